The molecule has 86 valence electrons. The van der Waals surface area contributed by atoms with Crippen molar-refractivity contribution in [1.29, 1.82) is 0 Å². The van der Waals surface area contributed by atoms with Gasteiger partial charge in [-0.15, -0.1) is 10.2 Å². The average molecular weight is 218 g/mol. The van der Waals surface area contributed by atoms with Gasteiger partial charge in [-0.1, -0.05) is 12.2 Å². The lowest BCUT2D eigenvalue weighted by Crippen LogP contribution is -2.14. The maximum Gasteiger partial charge on any atom is 0.136 e. The first kappa shape index (κ1) is 10.0. The number of hydrogen-bond acceptors (Lipinski definition) is 3. The molecule has 0 amide bonds. The molecule has 0 aliphatic heterocycles. The molecule has 1 saturated carbocycles. The predicted octanol–water partition coefficient (Wildman–Crippen LogP) is 1.31. The van der Waals surface area contributed by atoms with Gasteiger partial charge in [0.05, 0.1) is 0 Å². The van der Waals surface area contributed by atoms with Gasteiger partial charge in [0.25, 0.3) is 0 Å². The summed E-state index contributed by atoms with van der Waals surface area (Å²) >= 11 is 0. The molecule has 1 fully saturated rings. The van der Waals surface area contributed by atoms with Gasteiger partial charge in [0, 0.05) is 12.5 Å². The van der Waals surface area contributed by atoms with Crippen molar-refractivity contribution in [3.63, 3.8) is 0 Å². The van der Waals surface area contributed by atoms with Crippen LogP contribution in [0.1, 0.15) is 31.0 Å². The molecule has 2 aliphatic rings. The topological polar surface area (TPSA) is 56.7 Å². The Bertz CT molecular complexity index is 395. The Morgan fingerprint density at radius 2 is 2.31 bits per heavy atom. The van der Waals surface area contributed by atoms with Crippen LogP contribution in [-0.4, -0.2) is 21.3 Å². The van der Waals surface area contributed by atoms with Crippen LogP contribution in [0.3, 0.4) is 0 Å². The van der Waals surface area contributed by atoms with Crippen LogP contribution in [0.15, 0.2) is 18.5 Å². The van der Waals surface area contributed by atoms with E-state index < -0.39 is 0 Å². The summed E-state index contributed by atoms with van der Waals surface area (Å²) in [5.74, 6) is 3.25. The van der Waals surface area contributed by atoms with Crippen LogP contribution in [0, 0.1) is 11.8 Å². The molecule has 0 radical (unpaired) electrons. The lowest BCUT2D eigenvalue weighted by molar-refractivity contribution is 0.505. The summed E-state index contributed by atoms with van der Waals surface area (Å²) in [6, 6.07) is 0. The molecular formula is C12H18N4. The van der Waals surface area contributed by atoms with E-state index in [0.717, 1.165) is 25.4 Å². The van der Waals surface area contributed by atoms with Crippen molar-refractivity contribution < 1.29 is 0 Å². The molecule has 2 N–H and O–H groups in total. The normalized spacial score (nSPS) is 31.4. The van der Waals surface area contributed by atoms with Gasteiger partial charge in [-0.2, -0.15) is 0 Å². The first-order chi connectivity index (χ1) is 7.88. The van der Waals surface area contributed by atoms with E-state index >= 15 is 0 Å². The summed E-state index contributed by atoms with van der Waals surface area (Å²) in [6.45, 7) is 1.69. The molecule has 0 saturated heterocycles. The van der Waals surface area contributed by atoms with Crippen molar-refractivity contribution in [1.82, 2.24) is 14.8 Å². The van der Waals surface area contributed by atoms with E-state index in [1.165, 1.54) is 18.7 Å². The van der Waals surface area contributed by atoms with Crippen molar-refractivity contribution in [2.75, 3.05) is 6.54 Å². The lowest BCUT2D eigenvalue weighted by atomic mass is 9.93. The molecule has 1 heterocycles. The zero-order valence-corrected chi connectivity index (χ0v) is 9.42. The van der Waals surface area contributed by atoms with Gasteiger partial charge < -0.3 is 10.3 Å². The Balaban J connectivity index is 1.79. The molecule has 1 aromatic rings. The Morgan fingerprint density at radius 3 is 3.00 bits per heavy atom. The molecule has 3 rings (SSSR count). The number of rotatable bonds is 4. The molecule has 16 heavy (non-hydrogen) atoms. The van der Waals surface area contributed by atoms with E-state index in [-0.39, 0.29) is 0 Å². The van der Waals surface area contributed by atoms with Crippen LogP contribution in [0.4, 0.5) is 0 Å². The van der Waals surface area contributed by atoms with Gasteiger partial charge in [-0.25, -0.2) is 0 Å². The highest BCUT2D eigenvalue weighted by Gasteiger charge is 2.38. The molecule has 2 aliphatic carbocycles. The largest absolute Gasteiger partial charge is 0.330 e. The number of nitrogens with zero attached hydrogens (tertiary/aromatic N) is 3. The SMILES string of the molecule is NCCCn1cnnc1C1CC2C=CC1C2. The molecule has 3 unspecified atom stereocenters. The minimum absolute atomic E-state index is 0.593. The first-order valence-electron chi connectivity index (χ1n) is 6.14. The van der Waals surface area contributed by atoms with Gasteiger partial charge in [0.2, 0.25) is 0 Å². The number of fused-ring (bicyclic) bond motifs is 2. The number of nitrogens with two attached hydrogens (primary N) is 1. The van der Waals surface area contributed by atoms with Crippen molar-refractivity contribution >= 4 is 0 Å². The van der Waals surface area contributed by atoms with Gasteiger partial charge >= 0.3 is 0 Å². The fourth-order valence-electron chi connectivity index (χ4n) is 3.06. The van der Waals surface area contributed by atoms with Crippen LogP contribution in [-0.2, 0) is 6.54 Å². The molecule has 4 nitrogen and oxygen atoms in total. The summed E-state index contributed by atoms with van der Waals surface area (Å²) in [7, 11) is 0. The number of aryl methyl sites for hydroxylation is 1. The van der Waals surface area contributed by atoms with Crippen molar-refractivity contribution in [3.05, 3.63) is 24.3 Å². The second-order valence-corrected chi connectivity index (χ2v) is 4.91. The van der Waals surface area contributed by atoms with Crippen LogP contribution in [0.2, 0.25) is 0 Å². The zero-order chi connectivity index (χ0) is 11.0. The molecule has 0 aromatic carbocycles. The van der Waals surface area contributed by atoms with Crippen LogP contribution >= 0.6 is 0 Å². The van der Waals surface area contributed by atoms with Crippen LogP contribution in [0.25, 0.3) is 0 Å². The molecule has 4 heteroatoms. The summed E-state index contributed by atoms with van der Waals surface area (Å²) in [6.07, 6.45) is 10.1. The van der Waals surface area contributed by atoms with E-state index in [1.807, 2.05) is 6.33 Å². The monoisotopic (exact) mass is 218 g/mol. The molecule has 0 spiro atoms. The molecule has 3 atom stereocenters. The molecule has 2 bridgehead atoms. The maximum absolute atomic E-state index is 5.54. The first-order valence-corrected chi connectivity index (χ1v) is 6.14. The smallest absolute Gasteiger partial charge is 0.136 e. The fraction of sp³-hybridized carbons (Fsp3) is 0.667. The Hall–Kier alpha value is -1.16. The highest BCUT2D eigenvalue weighted by molar-refractivity contribution is 5.18. The van der Waals surface area contributed by atoms with Crippen molar-refractivity contribution in [2.45, 2.75) is 31.7 Å². The van der Waals surface area contributed by atoms with E-state index in [0.29, 0.717) is 11.8 Å². The summed E-state index contributed by atoms with van der Waals surface area (Å²) in [5, 5.41) is 8.36. The Kier molecular flexibility index (Phi) is 2.52. The summed E-state index contributed by atoms with van der Waals surface area (Å²) < 4.78 is 2.19. The van der Waals surface area contributed by atoms with Crippen molar-refractivity contribution in [2.24, 2.45) is 17.6 Å². The standard InChI is InChI=1S/C12H18N4/c13-4-1-5-16-8-14-15-12(16)11-7-9-2-3-10(11)6-9/h2-3,8-11H,1,4-7,13H2. The highest BCUT2D eigenvalue weighted by atomic mass is 15.3. The third-order valence-corrected chi connectivity index (χ3v) is 3.86. The summed E-state index contributed by atoms with van der Waals surface area (Å²) in [4.78, 5) is 0. The van der Waals surface area contributed by atoms with Crippen molar-refractivity contribution in [3.8, 4) is 0 Å². The molecule has 1 aromatic heterocycles. The van der Waals surface area contributed by atoms with Crippen LogP contribution < -0.4 is 5.73 Å². The lowest BCUT2D eigenvalue weighted by Gasteiger charge is -2.18. The minimum Gasteiger partial charge on any atom is -0.330 e. The Labute approximate surface area is 95.5 Å². The quantitative estimate of drug-likeness (QED) is 0.775. The third-order valence-electron chi connectivity index (χ3n) is 3.86. The van der Waals surface area contributed by atoms with E-state index in [4.69, 9.17) is 5.73 Å². The minimum atomic E-state index is 0.593. The van der Waals surface area contributed by atoms with E-state index in [2.05, 4.69) is 26.9 Å². The third kappa shape index (κ3) is 1.57. The van der Waals surface area contributed by atoms with Gasteiger partial charge in [0.1, 0.15) is 12.2 Å². The van der Waals surface area contributed by atoms with Gasteiger partial charge in [0.15, 0.2) is 0 Å². The summed E-state index contributed by atoms with van der Waals surface area (Å²) in [5.41, 5.74) is 5.54. The maximum atomic E-state index is 5.54. The average Bonchev–Trinajstić information content (AvgIpc) is 3.01. The fourth-order valence-corrected chi connectivity index (χ4v) is 3.06. The van der Waals surface area contributed by atoms with Gasteiger partial charge in [-0.05, 0) is 37.6 Å². The van der Waals surface area contributed by atoms with Crippen LogP contribution in [0.5, 0.6) is 0 Å². The zero-order valence-electron chi connectivity index (χ0n) is 9.42. The number of hydrogen-bond donors (Lipinski definition) is 1. The Morgan fingerprint density at radius 1 is 1.38 bits per heavy atom. The predicted molar refractivity (Wildman–Crippen MR) is 61.8 cm³/mol. The molecular weight excluding hydrogens is 200 g/mol. The highest BCUT2D eigenvalue weighted by Crippen LogP contribution is 2.48. The number of allylic oxidation sites excluding steroid dienone is 2. The second kappa shape index (κ2) is 4.01. The van der Waals surface area contributed by atoms with E-state index in [9.17, 15) is 0 Å². The van der Waals surface area contributed by atoms with Gasteiger partial charge in [-0.3, -0.25) is 0 Å². The number of aromatic nitrogens is 3. The van der Waals surface area contributed by atoms with E-state index in [1.54, 1.807) is 0 Å². The second-order valence-electron chi connectivity index (χ2n) is 4.91.